The molecule has 0 aliphatic carbocycles. The van der Waals surface area contributed by atoms with E-state index in [4.69, 9.17) is 4.74 Å². The molecule has 1 aromatic carbocycles. The third-order valence-corrected chi connectivity index (χ3v) is 6.65. The van der Waals surface area contributed by atoms with Gasteiger partial charge in [0.2, 0.25) is 5.91 Å². The minimum absolute atomic E-state index is 0.00829. The van der Waals surface area contributed by atoms with Gasteiger partial charge in [0.25, 0.3) is 5.69 Å². The number of carbonyl (C=O) groups excluding carboxylic acids is 3. The highest BCUT2D eigenvalue weighted by molar-refractivity contribution is 6.06. The monoisotopic (exact) mass is 459 g/mol. The summed E-state index contributed by atoms with van der Waals surface area (Å²) < 4.78 is 5.05. The first-order chi connectivity index (χ1) is 15.6. The summed E-state index contributed by atoms with van der Waals surface area (Å²) in [6.07, 6.45) is -0.763. The van der Waals surface area contributed by atoms with E-state index in [1.54, 1.807) is 0 Å². The minimum atomic E-state index is -0.991. The van der Waals surface area contributed by atoms with Crippen molar-refractivity contribution in [2.45, 2.75) is 38.5 Å². The Morgan fingerprint density at radius 3 is 2.48 bits per heavy atom. The van der Waals surface area contributed by atoms with Crippen molar-refractivity contribution in [3.63, 3.8) is 0 Å². The SMILES string of the molecule is C[C@@H](O)C1C(=O)N2C(C(=O)OC(=O)c3ccc([N+](=O)[O-])cc3)=C(CN3CC[C@H](O)C3)[C@H](C)[C@H]12. The molecule has 0 bridgehead atoms. The number of aliphatic hydroxyl groups is 2. The molecule has 1 unspecified atom stereocenters. The van der Waals surface area contributed by atoms with Gasteiger partial charge in [-0.3, -0.25) is 19.8 Å². The molecule has 1 amide bonds. The molecular weight excluding hydrogens is 434 g/mol. The van der Waals surface area contributed by atoms with E-state index in [1.165, 1.54) is 24.0 Å². The number of likely N-dealkylation sites (tertiary alicyclic amines) is 1. The van der Waals surface area contributed by atoms with E-state index in [0.717, 1.165) is 12.1 Å². The molecule has 3 aliphatic rings. The van der Waals surface area contributed by atoms with Crippen molar-refractivity contribution < 1.29 is 34.3 Å². The first-order valence-electron chi connectivity index (χ1n) is 10.8. The zero-order valence-corrected chi connectivity index (χ0v) is 18.2. The molecule has 1 aromatic rings. The van der Waals surface area contributed by atoms with Crippen molar-refractivity contribution in [1.29, 1.82) is 0 Å². The maximum Gasteiger partial charge on any atom is 0.362 e. The Labute approximate surface area is 189 Å². The number of ether oxygens (including phenoxy) is 1. The maximum absolute atomic E-state index is 13.1. The predicted molar refractivity (Wildman–Crippen MR) is 113 cm³/mol. The Kier molecular flexibility index (Phi) is 6.04. The highest BCUT2D eigenvalue weighted by Gasteiger charge is 2.60. The van der Waals surface area contributed by atoms with Crippen LogP contribution in [0.4, 0.5) is 5.69 Å². The second-order valence-corrected chi connectivity index (χ2v) is 8.79. The van der Waals surface area contributed by atoms with Crippen LogP contribution in [-0.2, 0) is 14.3 Å². The summed E-state index contributed by atoms with van der Waals surface area (Å²) in [6.45, 7) is 4.76. The van der Waals surface area contributed by atoms with Gasteiger partial charge in [0.15, 0.2) is 0 Å². The number of nitrogens with zero attached hydrogens (tertiary/aromatic N) is 3. The van der Waals surface area contributed by atoms with E-state index >= 15 is 0 Å². The van der Waals surface area contributed by atoms with Gasteiger partial charge >= 0.3 is 11.9 Å². The van der Waals surface area contributed by atoms with Crippen molar-refractivity contribution in [1.82, 2.24) is 9.80 Å². The Morgan fingerprint density at radius 2 is 1.94 bits per heavy atom. The smallest absolute Gasteiger partial charge is 0.362 e. The molecule has 11 nitrogen and oxygen atoms in total. The molecule has 0 saturated carbocycles. The zero-order chi connectivity index (χ0) is 24.0. The largest absolute Gasteiger partial charge is 0.393 e. The second-order valence-electron chi connectivity index (χ2n) is 8.79. The number of rotatable bonds is 6. The van der Waals surface area contributed by atoms with Crippen LogP contribution < -0.4 is 0 Å². The fourth-order valence-corrected chi connectivity index (χ4v) is 4.95. The van der Waals surface area contributed by atoms with E-state index in [9.17, 15) is 34.7 Å². The summed E-state index contributed by atoms with van der Waals surface area (Å²) in [6, 6.07) is 4.21. The van der Waals surface area contributed by atoms with E-state index in [0.29, 0.717) is 31.6 Å². The fourth-order valence-electron chi connectivity index (χ4n) is 4.95. The van der Waals surface area contributed by atoms with Gasteiger partial charge in [-0.25, -0.2) is 9.59 Å². The van der Waals surface area contributed by atoms with Crippen molar-refractivity contribution in [3.05, 3.63) is 51.2 Å². The Bertz CT molecular complexity index is 1030. The Morgan fingerprint density at radius 1 is 1.27 bits per heavy atom. The average molecular weight is 459 g/mol. The van der Waals surface area contributed by atoms with Crippen LogP contribution in [0.3, 0.4) is 0 Å². The standard InChI is InChI=1S/C22H25N3O8/c1-11-16(10-23-8-7-15(27)9-23)19(24-18(11)17(12(2)26)20(24)28)22(30)33-21(29)13-3-5-14(6-4-13)25(31)32/h3-6,11-12,15,17-18,26-27H,7-10H2,1-2H3/t11-,12+,15-,17?,18+/m0/s1. The van der Waals surface area contributed by atoms with E-state index in [2.05, 4.69) is 0 Å². The van der Waals surface area contributed by atoms with Crippen LogP contribution in [0.25, 0.3) is 0 Å². The number of β-lactam (4-membered cyclic amide) rings is 1. The summed E-state index contributed by atoms with van der Waals surface area (Å²) in [7, 11) is 0. The molecule has 176 valence electrons. The lowest BCUT2D eigenvalue weighted by atomic mass is 9.77. The molecule has 3 aliphatic heterocycles. The fraction of sp³-hybridized carbons (Fsp3) is 0.500. The highest BCUT2D eigenvalue weighted by Crippen LogP contribution is 2.47. The molecule has 2 fully saturated rings. The number of fused-ring (bicyclic) bond motifs is 1. The quantitative estimate of drug-likeness (QED) is 0.203. The summed E-state index contributed by atoms with van der Waals surface area (Å²) in [5.41, 5.74) is 0.356. The molecule has 0 spiro atoms. The van der Waals surface area contributed by atoms with Crippen LogP contribution in [0.5, 0.6) is 0 Å². The number of nitro benzene ring substituents is 1. The molecule has 2 N–H and O–H groups in total. The molecule has 2 saturated heterocycles. The molecular formula is C22H25N3O8. The van der Waals surface area contributed by atoms with Gasteiger partial charge in [0.1, 0.15) is 5.70 Å². The van der Waals surface area contributed by atoms with Crippen molar-refractivity contribution >= 4 is 23.5 Å². The molecule has 0 radical (unpaired) electrons. The van der Waals surface area contributed by atoms with Crippen molar-refractivity contribution in [2.75, 3.05) is 19.6 Å². The summed E-state index contributed by atoms with van der Waals surface area (Å²) in [4.78, 5) is 51.8. The first-order valence-corrected chi connectivity index (χ1v) is 10.8. The normalized spacial score (nSPS) is 27.9. The molecule has 3 heterocycles. The lowest BCUT2D eigenvalue weighted by Gasteiger charge is -2.46. The number of nitro groups is 1. The van der Waals surface area contributed by atoms with Crippen LogP contribution in [-0.4, -0.2) is 80.7 Å². The Hall–Kier alpha value is -3.15. The summed E-state index contributed by atoms with van der Waals surface area (Å²) >= 11 is 0. The highest BCUT2D eigenvalue weighted by atomic mass is 16.6. The second kappa shape index (κ2) is 8.65. The number of hydrogen-bond acceptors (Lipinski definition) is 9. The number of benzene rings is 1. The maximum atomic E-state index is 13.1. The van der Waals surface area contributed by atoms with Crippen LogP contribution >= 0.6 is 0 Å². The number of carbonyl (C=O) groups is 3. The van der Waals surface area contributed by atoms with Crippen molar-refractivity contribution in [3.8, 4) is 0 Å². The molecule has 0 aromatic heterocycles. The minimum Gasteiger partial charge on any atom is -0.393 e. The predicted octanol–water partition coefficient (Wildman–Crippen LogP) is 0.456. The molecule has 33 heavy (non-hydrogen) atoms. The van der Waals surface area contributed by atoms with Gasteiger partial charge in [0.05, 0.1) is 34.7 Å². The van der Waals surface area contributed by atoms with Crippen molar-refractivity contribution in [2.24, 2.45) is 11.8 Å². The van der Waals surface area contributed by atoms with Gasteiger partial charge in [-0.05, 0) is 31.1 Å². The number of amides is 1. The van der Waals surface area contributed by atoms with Gasteiger partial charge in [0, 0.05) is 37.7 Å². The third-order valence-electron chi connectivity index (χ3n) is 6.65. The number of aliphatic hydroxyl groups excluding tert-OH is 2. The van der Waals surface area contributed by atoms with E-state index in [1.807, 2.05) is 11.8 Å². The summed E-state index contributed by atoms with van der Waals surface area (Å²) in [5, 5.41) is 30.7. The van der Waals surface area contributed by atoms with Crippen LogP contribution in [0.1, 0.15) is 30.6 Å². The zero-order valence-electron chi connectivity index (χ0n) is 18.2. The van der Waals surface area contributed by atoms with Crippen LogP contribution in [0.15, 0.2) is 35.5 Å². The molecule has 11 heteroatoms. The molecule has 4 rings (SSSR count). The van der Waals surface area contributed by atoms with E-state index in [-0.39, 0.29) is 22.9 Å². The van der Waals surface area contributed by atoms with Crippen LogP contribution in [0, 0.1) is 22.0 Å². The van der Waals surface area contributed by atoms with Gasteiger partial charge in [-0.15, -0.1) is 0 Å². The summed E-state index contributed by atoms with van der Waals surface area (Å²) in [5.74, 6) is -3.30. The number of non-ortho nitro benzene ring substituents is 1. The number of hydrogen-bond donors (Lipinski definition) is 2. The number of β-amino-alcohol motifs (C(OH)–C–C–N with tert-alkyl or cyclic N) is 1. The Balaban J connectivity index is 1.59. The number of esters is 2. The molecule has 5 atom stereocenters. The van der Waals surface area contributed by atoms with E-state index < -0.39 is 46.9 Å². The van der Waals surface area contributed by atoms with Gasteiger partial charge < -0.3 is 19.8 Å². The third kappa shape index (κ3) is 4.03. The first kappa shape index (κ1) is 23.0. The van der Waals surface area contributed by atoms with Gasteiger partial charge in [-0.2, -0.15) is 0 Å². The van der Waals surface area contributed by atoms with Gasteiger partial charge in [-0.1, -0.05) is 6.92 Å². The lowest BCUT2D eigenvalue weighted by Crippen LogP contribution is -2.63. The van der Waals surface area contributed by atoms with Crippen LogP contribution in [0.2, 0.25) is 0 Å². The average Bonchev–Trinajstić information content (AvgIpc) is 3.27. The topological polar surface area (TPSA) is 151 Å². The lowest BCUT2D eigenvalue weighted by molar-refractivity contribution is -0.384.